The fourth-order valence-electron chi connectivity index (χ4n) is 7.75. The van der Waals surface area contributed by atoms with E-state index in [2.05, 4.69) is 0 Å². The molecular weight excluding hydrogens is 691 g/mol. The summed E-state index contributed by atoms with van der Waals surface area (Å²) in [6, 6.07) is 13.8. The van der Waals surface area contributed by atoms with Crippen LogP contribution in [0.2, 0.25) is 0 Å². The van der Waals surface area contributed by atoms with Gasteiger partial charge in [0.15, 0.2) is 9.84 Å². The smallest absolute Gasteiger partial charge is 0.336 e. The van der Waals surface area contributed by atoms with Gasteiger partial charge in [-0.25, -0.2) is 12.8 Å². The molecule has 3 aliphatic rings. The first-order valence-electron chi connectivity index (χ1n) is 15.7. The minimum Gasteiger partial charge on any atom is -0.336 e. The molecule has 3 atom stereocenters. The molecule has 2 heterocycles. The number of carbonyl (C=O) groups is 2. The van der Waals surface area contributed by atoms with Crippen molar-refractivity contribution >= 4 is 21.7 Å². The largest absolute Gasteiger partial charge is 0.435 e. The summed E-state index contributed by atoms with van der Waals surface area (Å²) in [6.07, 6.45) is -13.2. The van der Waals surface area contributed by atoms with E-state index in [0.717, 1.165) is 6.07 Å². The molecule has 0 N–H and O–H groups in total. The average Bonchev–Trinajstić information content (AvgIpc) is 3.64. The van der Waals surface area contributed by atoms with Gasteiger partial charge < -0.3 is 9.80 Å². The molecule has 2 aliphatic heterocycles. The molecule has 6 rings (SSSR count). The Bertz CT molecular complexity index is 1990. The second-order valence-corrected chi connectivity index (χ2v) is 15.2. The number of hydrogen-bond acceptors (Lipinski definition) is 5. The van der Waals surface area contributed by atoms with Crippen LogP contribution in [0.4, 0.5) is 30.7 Å². The van der Waals surface area contributed by atoms with Gasteiger partial charge in [0, 0.05) is 25.1 Å². The van der Waals surface area contributed by atoms with Crippen LogP contribution in [0, 0.1) is 18.3 Å². The highest BCUT2D eigenvalue weighted by Gasteiger charge is 2.74. The monoisotopic (exact) mass is 721 g/mol. The fraction of sp³-hybridized carbons (Fsp3) is 0.400. The average molecular weight is 722 g/mol. The van der Waals surface area contributed by atoms with E-state index in [9.17, 15) is 44.3 Å². The van der Waals surface area contributed by atoms with E-state index < -0.39 is 56.2 Å². The van der Waals surface area contributed by atoms with E-state index in [1.807, 2.05) is 6.07 Å². The molecule has 0 aromatic heterocycles. The van der Waals surface area contributed by atoms with Crippen LogP contribution in [0.1, 0.15) is 59.1 Å². The molecule has 1 aliphatic carbocycles. The summed E-state index contributed by atoms with van der Waals surface area (Å²) >= 11 is 0. The van der Waals surface area contributed by atoms with E-state index >= 15 is 4.39 Å². The van der Waals surface area contributed by atoms with Gasteiger partial charge in [0.2, 0.25) is 11.8 Å². The second kappa shape index (κ2) is 12.1. The lowest BCUT2D eigenvalue weighted by atomic mass is 9.76. The van der Waals surface area contributed by atoms with Crippen molar-refractivity contribution in [3.05, 3.63) is 100 Å². The number of rotatable bonds is 6. The molecule has 0 radical (unpaired) electrons. The van der Waals surface area contributed by atoms with Crippen LogP contribution in [-0.2, 0) is 42.8 Å². The summed E-state index contributed by atoms with van der Waals surface area (Å²) in [7, 11) is -4.51. The molecule has 2 unspecified atom stereocenters. The van der Waals surface area contributed by atoms with Crippen molar-refractivity contribution in [1.29, 1.82) is 5.26 Å². The number of sulfone groups is 1. The molecule has 7 nitrogen and oxygen atoms in total. The molecule has 50 heavy (non-hydrogen) atoms. The van der Waals surface area contributed by atoms with Crippen molar-refractivity contribution in [3.8, 4) is 6.07 Å². The number of amides is 2. The zero-order chi connectivity index (χ0) is 36.4. The zero-order valence-corrected chi connectivity index (χ0v) is 27.3. The van der Waals surface area contributed by atoms with Gasteiger partial charge in [0.1, 0.15) is 10.8 Å². The maximum Gasteiger partial charge on any atom is 0.435 e. The summed E-state index contributed by atoms with van der Waals surface area (Å²) < 4.78 is 125. The SMILES string of the molecule is Cc1cccc(S(=O)(=O)C23CCN(C(=O)[C@@H]4CCC(=O)N4Cc4ccc(C#N)cc4)C2CCc2cc(C(F)(C(F)(F)F)C(F)(F)F)ccc23)c1. The lowest BCUT2D eigenvalue weighted by molar-refractivity contribution is -0.348. The summed E-state index contributed by atoms with van der Waals surface area (Å²) in [6.45, 7) is 1.55. The third kappa shape index (κ3) is 5.34. The van der Waals surface area contributed by atoms with E-state index in [1.165, 1.54) is 28.0 Å². The van der Waals surface area contributed by atoms with Crippen molar-refractivity contribution in [2.45, 2.75) is 85.3 Å². The van der Waals surface area contributed by atoms with Crippen molar-refractivity contribution in [2.75, 3.05) is 6.54 Å². The van der Waals surface area contributed by atoms with E-state index in [-0.39, 0.29) is 67.1 Å². The number of aryl methyl sites for hydroxylation is 2. The number of alkyl halides is 7. The predicted molar refractivity (Wildman–Crippen MR) is 165 cm³/mol. The van der Waals surface area contributed by atoms with Gasteiger partial charge in [0.25, 0.3) is 0 Å². The Balaban J connectivity index is 1.44. The molecule has 0 bridgehead atoms. The zero-order valence-electron chi connectivity index (χ0n) is 26.5. The Morgan fingerprint density at radius 3 is 2.24 bits per heavy atom. The minimum atomic E-state index is -6.36. The van der Waals surface area contributed by atoms with Gasteiger partial charge in [-0.05, 0) is 79.1 Å². The van der Waals surface area contributed by atoms with Crippen LogP contribution >= 0.6 is 0 Å². The Hall–Kier alpha value is -4.45. The molecule has 2 saturated heterocycles. The third-order valence-corrected chi connectivity index (χ3v) is 12.7. The molecule has 0 spiro atoms. The van der Waals surface area contributed by atoms with Crippen LogP contribution in [0.3, 0.4) is 0 Å². The summed E-state index contributed by atoms with van der Waals surface area (Å²) in [5.41, 5.74) is -6.10. The van der Waals surface area contributed by atoms with Gasteiger partial charge in [0.05, 0.1) is 22.6 Å². The number of likely N-dealkylation sites (tertiary alicyclic amines) is 2. The van der Waals surface area contributed by atoms with Gasteiger partial charge in [-0.3, -0.25) is 9.59 Å². The topological polar surface area (TPSA) is 98.6 Å². The molecule has 0 saturated carbocycles. The minimum absolute atomic E-state index is 0.0428. The number of halogens is 7. The van der Waals surface area contributed by atoms with Crippen molar-refractivity contribution in [1.82, 2.24) is 9.80 Å². The molecular formula is C35H30F7N3O4S. The second-order valence-electron chi connectivity index (χ2n) is 13.0. The predicted octanol–water partition coefficient (Wildman–Crippen LogP) is 6.56. The Morgan fingerprint density at radius 2 is 1.62 bits per heavy atom. The quantitative estimate of drug-likeness (QED) is 0.269. The fourth-order valence-corrected chi connectivity index (χ4v) is 10.2. The van der Waals surface area contributed by atoms with Crippen LogP contribution in [-0.4, -0.2) is 61.0 Å². The number of hydrogen-bond donors (Lipinski definition) is 0. The number of nitriles is 1. The molecule has 15 heteroatoms. The van der Waals surface area contributed by atoms with Crippen molar-refractivity contribution in [2.24, 2.45) is 0 Å². The Morgan fingerprint density at radius 1 is 0.940 bits per heavy atom. The summed E-state index contributed by atoms with van der Waals surface area (Å²) in [4.78, 5) is 29.9. The van der Waals surface area contributed by atoms with Crippen molar-refractivity contribution < 1.29 is 48.7 Å². The van der Waals surface area contributed by atoms with Crippen molar-refractivity contribution in [3.63, 3.8) is 0 Å². The van der Waals surface area contributed by atoms with E-state index in [0.29, 0.717) is 28.8 Å². The van der Waals surface area contributed by atoms with Crippen LogP contribution in [0.5, 0.6) is 0 Å². The van der Waals surface area contributed by atoms with Crippen LogP contribution in [0.15, 0.2) is 71.6 Å². The van der Waals surface area contributed by atoms with Gasteiger partial charge in [-0.2, -0.15) is 31.6 Å². The molecule has 264 valence electrons. The number of benzene rings is 3. The van der Waals surface area contributed by atoms with E-state index in [4.69, 9.17) is 5.26 Å². The number of nitrogens with zero attached hydrogens (tertiary/aromatic N) is 3. The van der Waals surface area contributed by atoms with Crippen LogP contribution < -0.4 is 0 Å². The van der Waals surface area contributed by atoms with Gasteiger partial charge in [-0.1, -0.05) is 42.5 Å². The van der Waals surface area contributed by atoms with Gasteiger partial charge >= 0.3 is 18.0 Å². The van der Waals surface area contributed by atoms with Gasteiger partial charge in [-0.15, -0.1) is 0 Å². The van der Waals surface area contributed by atoms with E-state index in [1.54, 1.807) is 37.3 Å². The molecule has 3 aromatic rings. The highest BCUT2D eigenvalue weighted by molar-refractivity contribution is 7.92. The molecule has 2 amide bonds. The lowest BCUT2D eigenvalue weighted by Crippen LogP contribution is -2.55. The summed E-state index contributed by atoms with van der Waals surface area (Å²) in [5, 5.41) is 9.11. The number of carbonyl (C=O) groups excluding carboxylic acids is 2. The lowest BCUT2D eigenvalue weighted by Gasteiger charge is -2.43. The first-order valence-corrected chi connectivity index (χ1v) is 17.2. The first kappa shape index (κ1) is 35.4. The molecule has 2 fully saturated rings. The maximum absolute atomic E-state index is 15.2. The Kier molecular flexibility index (Phi) is 8.56. The first-order chi connectivity index (χ1) is 23.4. The number of fused-ring (bicyclic) bond motifs is 3. The summed E-state index contributed by atoms with van der Waals surface area (Å²) in [5.74, 6) is -0.844. The highest BCUT2D eigenvalue weighted by Crippen LogP contribution is 2.57. The van der Waals surface area contributed by atoms with Crippen LogP contribution in [0.25, 0.3) is 0 Å². The normalized spacial score (nSPS) is 22.7. The third-order valence-electron chi connectivity index (χ3n) is 10.2. The molecule has 3 aromatic carbocycles. The maximum atomic E-state index is 15.2. The highest BCUT2D eigenvalue weighted by atomic mass is 32.2. The Labute approximate surface area is 283 Å². The standard InChI is InChI=1S/C35H30F7N3O4S/c1-21-3-2-4-26(17-21)50(48,49)32-15-16-44(31(47)28-12-14-30(46)45(28)20-23-7-5-22(19-43)6-8-23)29(32)13-9-24-18-25(10-11-27(24)32)33(36,34(37,38)39)35(40,41)42/h2-8,10-11,17-18,28-29H,9,12-16,20H2,1H3/t28-,29?,32?/m0/s1.